The number of aromatic nitrogens is 1. The number of aryl methyl sites for hydroxylation is 1. The Hall–Kier alpha value is -1.45. The summed E-state index contributed by atoms with van der Waals surface area (Å²) in [5.74, 6) is -1.02. The molecule has 1 rings (SSSR count). The van der Waals surface area contributed by atoms with Crippen LogP contribution in [0.3, 0.4) is 0 Å². The van der Waals surface area contributed by atoms with Gasteiger partial charge in [-0.15, -0.1) is 0 Å². The number of hydrogen-bond donors (Lipinski definition) is 0. The Morgan fingerprint density at radius 3 is 2.82 bits per heavy atom. The van der Waals surface area contributed by atoms with E-state index in [0.717, 1.165) is 5.69 Å². The Morgan fingerprint density at radius 1 is 1.64 bits per heavy atom. The molecule has 0 N–H and O–H groups in total. The quantitative estimate of drug-likeness (QED) is 0.615. The predicted molar refractivity (Wildman–Crippen MR) is 35.5 cm³/mol. The minimum atomic E-state index is -1.02. The van der Waals surface area contributed by atoms with Gasteiger partial charge in [0.1, 0.15) is 0 Å². The molecule has 0 fully saturated rings. The van der Waals surface area contributed by atoms with E-state index in [1.165, 1.54) is 12.3 Å². The number of halogens is 1. The summed E-state index contributed by atoms with van der Waals surface area (Å²) in [5.41, 5.74) is 0.874. The van der Waals surface area contributed by atoms with Gasteiger partial charge in [0, 0.05) is 16.4 Å². The molecule has 0 atom stereocenters. The zero-order valence-electron chi connectivity index (χ0n) is 5.87. The first-order chi connectivity index (χ1) is 5.24. The number of carbonyl (C=O) groups is 1. The molecule has 4 heteroatoms. The summed E-state index contributed by atoms with van der Waals surface area (Å²) in [5, 5.41) is 0. The molecule has 0 aliphatic rings. The number of pyridine rings is 1. The van der Waals surface area contributed by atoms with Crippen molar-refractivity contribution < 1.29 is 14.3 Å². The maximum absolute atomic E-state index is 11.3. The van der Waals surface area contributed by atoms with Crippen LogP contribution in [-0.4, -0.2) is 11.0 Å². The lowest BCUT2D eigenvalue weighted by Crippen LogP contribution is -1.99. The van der Waals surface area contributed by atoms with Crippen LogP contribution in [0.25, 0.3) is 0 Å². The lowest BCUT2D eigenvalue weighted by atomic mass is 10.3. The molecule has 0 spiro atoms. The molecule has 0 saturated heterocycles. The van der Waals surface area contributed by atoms with Gasteiger partial charge >= 0.3 is 5.97 Å². The van der Waals surface area contributed by atoms with E-state index in [4.69, 9.17) is 0 Å². The van der Waals surface area contributed by atoms with Gasteiger partial charge < -0.3 is 0 Å². The van der Waals surface area contributed by atoms with Crippen molar-refractivity contribution in [1.82, 2.24) is 4.98 Å². The van der Waals surface area contributed by atoms with Gasteiger partial charge in [0.05, 0.1) is 5.56 Å². The van der Waals surface area contributed by atoms with Crippen molar-refractivity contribution in [2.45, 2.75) is 6.92 Å². The fraction of sp³-hybridized carbons (Fsp3) is 0.143. The highest BCUT2D eigenvalue weighted by molar-refractivity contribution is 5.88. The smallest absolute Gasteiger partial charge is 0.261 e. The lowest BCUT2D eigenvalue weighted by molar-refractivity contribution is -0.0788. The SMILES string of the molecule is Cc1ccc(C(=O)OF)cn1. The minimum Gasteiger partial charge on any atom is -0.261 e. The van der Waals surface area contributed by atoms with Gasteiger partial charge in [-0.25, -0.2) is 9.74 Å². The normalized spacial score (nSPS) is 9.27. The summed E-state index contributed by atoms with van der Waals surface area (Å²) < 4.78 is 11.3. The molecule has 11 heavy (non-hydrogen) atoms. The molecule has 0 aliphatic heterocycles. The second-order valence-corrected chi connectivity index (χ2v) is 2.05. The van der Waals surface area contributed by atoms with Crippen LogP contribution < -0.4 is 0 Å². The van der Waals surface area contributed by atoms with E-state index in [9.17, 15) is 9.32 Å². The predicted octanol–water partition coefficient (Wildman–Crippen LogP) is 1.43. The summed E-state index contributed by atoms with van der Waals surface area (Å²) >= 11 is 0. The molecule has 0 bridgehead atoms. The molecule has 0 unspecified atom stereocenters. The molecule has 3 nitrogen and oxygen atoms in total. The monoisotopic (exact) mass is 155 g/mol. The number of nitrogens with zero attached hydrogens (tertiary/aromatic N) is 1. The van der Waals surface area contributed by atoms with E-state index in [1.54, 1.807) is 13.0 Å². The van der Waals surface area contributed by atoms with Gasteiger partial charge in [0.15, 0.2) is 0 Å². The van der Waals surface area contributed by atoms with Crippen molar-refractivity contribution >= 4 is 5.97 Å². The van der Waals surface area contributed by atoms with Gasteiger partial charge in [0.2, 0.25) is 0 Å². The van der Waals surface area contributed by atoms with E-state index in [-0.39, 0.29) is 5.56 Å². The molecule has 0 aromatic carbocycles. The van der Waals surface area contributed by atoms with Crippen LogP contribution in [0, 0.1) is 6.92 Å². The molecule has 0 aliphatic carbocycles. The average molecular weight is 155 g/mol. The first kappa shape index (κ1) is 7.65. The zero-order valence-corrected chi connectivity index (χ0v) is 5.87. The molecule has 58 valence electrons. The third-order valence-electron chi connectivity index (χ3n) is 1.22. The van der Waals surface area contributed by atoms with E-state index in [1.807, 2.05) is 0 Å². The van der Waals surface area contributed by atoms with Crippen LogP contribution in [-0.2, 0) is 4.94 Å². The molecule has 0 amide bonds. The summed E-state index contributed by atoms with van der Waals surface area (Å²) in [6, 6.07) is 3.05. The Bertz CT molecular complexity index is 258. The van der Waals surface area contributed by atoms with Crippen molar-refractivity contribution in [2.75, 3.05) is 0 Å². The Morgan fingerprint density at radius 2 is 2.36 bits per heavy atom. The van der Waals surface area contributed by atoms with Gasteiger partial charge in [-0.05, 0) is 19.1 Å². The lowest BCUT2D eigenvalue weighted by Gasteiger charge is -1.93. The molecule has 0 radical (unpaired) electrons. The first-order valence-corrected chi connectivity index (χ1v) is 2.99. The number of carbonyl (C=O) groups excluding carboxylic acids is 1. The highest BCUT2D eigenvalue weighted by atomic mass is 19.3. The van der Waals surface area contributed by atoms with Gasteiger partial charge in [-0.3, -0.25) is 4.98 Å². The van der Waals surface area contributed by atoms with Crippen LogP contribution in [0.2, 0.25) is 0 Å². The van der Waals surface area contributed by atoms with Crippen LogP contribution in [0.1, 0.15) is 16.1 Å². The number of hydrogen-bond acceptors (Lipinski definition) is 3. The first-order valence-electron chi connectivity index (χ1n) is 2.99. The molecular formula is C7H6FNO2. The highest BCUT2D eigenvalue weighted by Gasteiger charge is 2.06. The maximum Gasteiger partial charge on any atom is 0.381 e. The van der Waals surface area contributed by atoms with E-state index in [2.05, 4.69) is 9.93 Å². The standard InChI is InChI=1S/C7H6FNO2/c1-5-2-3-6(4-9-5)7(10)11-8/h2-4H,1H3. The van der Waals surface area contributed by atoms with Gasteiger partial charge in [0.25, 0.3) is 0 Å². The topological polar surface area (TPSA) is 39.2 Å². The van der Waals surface area contributed by atoms with E-state index in [0.29, 0.717) is 0 Å². The Balaban J connectivity index is 2.90. The summed E-state index contributed by atoms with van der Waals surface area (Å²) in [4.78, 5) is 17.3. The second kappa shape index (κ2) is 3.09. The van der Waals surface area contributed by atoms with Crippen LogP contribution >= 0.6 is 0 Å². The Kier molecular flexibility index (Phi) is 2.15. The van der Waals surface area contributed by atoms with Crippen molar-refractivity contribution in [3.05, 3.63) is 29.6 Å². The maximum atomic E-state index is 11.3. The van der Waals surface area contributed by atoms with E-state index >= 15 is 0 Å². The van der Waals surface area contributed by atoms with Crippen LogP contribution in [0.5, 0.6) is 0 Å². The van der Waals surface area contributed by atoms with Crippen LogP contribution in [0.4, 0.5) is 4.53 Å². The van der Waals surface area contributed by atoms with Gasteiger partial charge in [-0.1, -0.05) is 0 Å². The molecule has 1 aromatic heterocycles. The molecule has 1 aromatic rings. The van der Waals surface area contributed by atoms with Crippen LogP contribution in [0.15, 0.2) is 18.3 Å². The third kappa shape index (κ3) is 1.73. The summed E-state index contributed by atoms with van der Waals surface area (Å²) in [6.07, 6.45) is 1.26. The largest absolute Gasteiger partial charge is 0.381 e. The molecular weight excluding hydrogens is 149 g/mol. The molecule has 1 heterocycles. The second-order valence-electron chi connectivity index (χ2n) is 2.05. The fourth-order valence-electron chi connectivity index (χ4n) is 0.633. The van der Waals surface area contributed by atoms with Crippen molar-refractivity contribution in [3.8, 4) is 0 Å². The molecule has 0 saturated carbocycles. The van der Waals surface area contributed by atoms with Gasteiger partial charge in [-0.2, -0.15) is 0 Å². The Labute approximate surface area is 62.7 Å². The van der Waals surface area contributed by atoms with Crippen molar-refractivity contribution in [3.63, 3.8) is 0 Å². The summed E-state index contributed by atoms with van der Waals surface area (Å²) in [6.45, 7) is 1.77. The number of rotatable bonds is 1. The van der Waals surface area contributed by atoms with Crippen molar-refractivity contribution in [2.24, 2.45) is 0 Å². The zero-order chi connectivity index (χ0) is 8.27. The summed E-state index contributed by atoms with van der Waals surface area (Å²) in [7, 11) is 0. The minimum absolute atomic E-state index is 0.109. The van der Waals surface area contributed by atoms with Crippen molar-refractivity contribution in [1.29, 1.82) is 0 Å². The third-order valence-corrected chi connectivity index (χ3v) is 1.22. The highest BCUT2D eigenvalue weighted by Crippen LogP contribution is 2.01. The van der Waals surface area contributed by atoms with E-state index < -0.39 is 5.97 Å². The fourth-order valence-corrected chi connectivity index (χ4v) is 0.633. The average Bonchev–Trinajstić information content (AvgIpc) is 2.05.